The van der Waals surface area contributed by atoms with Crippen molar-refractivity contribution in [3.05, 3.63) is 106 Å². The van der Waals surface area contributed by atoms with E-state index in [1.54, 1.807) is 54.6 Å². The highest BCUT2D eigenvalue weighted by Gasteiger charge is 2.13. The Kier molecular flexibility index (Phi) is 7.02. The number of hydrogen-bond acceptors (Lipinski definition) is 8. The Morgan fingerprint density at radius 2 is 1.11 bits per heavy atom. The second-order valence-corrected chi connectivity index (χ2v) is 8.07. The Hall–Kier alpha value is -5.37. The fourth-order valence-electron chi connectivity index (χ4n) is 3.55. The van der Waals surface area contributed by atoms with E-state index in [1.165, 1.54) is 30.5 Å². The van der Waals surface area contributed by atoms with Crippen LogP contribution in [-0.4, -0.2) is 30.6 Å². The molecule has 0 saturated heterocycles. The summed E-state index contributed by atoms with van der Waals surface area (Å²) in [7, 11) is 0. The lowest BCUT2D eigenvalue weighted by Crippen LogP contribution is -2.04. The summed E-state index contributed by atoms with van der Waals surface area (Å²) < 4.78 is 5.29. The van der Waals surface area contributed by atoms with Crippen molar-refractivity contribution >= 4 is 23.1 Å². The van der Waals surface area contributed by atoms with Crippen molar-refractivity contribution in [2.45, 2.75) is 0 Å². The third-order valence-electron chi connectivity index (χ3n) is 5.31. The molecule has 37 heavy (non-hydrogen) atoms. The molecular formula is C29H22O8. The molecule has 0 amide bonds. The lowest BCUT2D eigenvalue weighted by atomic mass is 10.0. The molecule has 0 aliphatic rings. The fourth-order valence-corrected chi connectivity index (χ4v) is 3.55. The molecule has 5 aromatic rings. The van der Waals surface area contributed by atoms with Crippen LogP contribution >= 0.6 is 0 Å². The van der Waals surface area contributed by atoms with Gasteiger partial charge in [0.2, 0.25) is 5.43 Å². The molecule has 8 nitrogen and oxygen atoms in total. The van der Waals surface area contributed by atoms with Gasteiger partial charge in [-0.05, 0) is 53.1 Å². The van der Waals surface area contributed by atoms with Gasteiger partial charge in [-0.3, -0.25) is 4.79 Å². The Labute approximate surface area is 210 Å². The number of aromatic hydroxyl groups is 6. The van der Waals surface area contributed by atoms with E-state index in [-0.39, 0.29) is 51.0 Å². The molecule has 8 heteroatoms. The van der Waals surface area contributed by atoms with E-state index in [0.29, 0.717) is 11.1 Å². The molecule has 1 heterocycles. The molecule has 0 spiro atoms. The van der Waals surface area contributed by atoms with Gasteiger partial charge in [-0.1, -0.05) is 36.4 Å². The summed E-state index contributed by atoms with van der Waals surface area (Å²) in [4.78, 5) is 12.4. The summed E-state index contributed by atoms with van der Waals surface area (Å²) in [6.07, 6.45) is 4.86. The normalized spacial score (nSPS) is 10.8. The van der Waals surface area contributed by atoms with Crippen LogP contribution in [-0.2, 0) is 0 Å². The first kappa shape index (κ1) is 24.7. The molecule has 0 atom stereocenters. The minimum Gasteiger partial charge on any atom is -0.508 e. The topological polar surface area (TPSA) is 152 Å². The largest absolute Gasteiger partial charge is 0.508 e. The van der Waals surface area contributed by atoms with Crippen LogP contribution in [0, 0.1) is 0 Å². The number of phenols is 6. The number of hydrogen-bond donors (Lipinski definition) is 6. The third-order valence-corrected chi connectivity index (χ3v) is 5.31. The zero-order valence-electron chi connectivity index (χ0n) is 19.2. The van der Waals surface area contributed by atoms with Crippen LogP contribution in [0.3, 0.4) is 0 Å². The van der Waals surface area contributed by atoms with Crippen LogP contribution in [0.2, 0.25) is 0 Å². The monoisotopic (exact) mass is 498 g/mol. The molecule has 6 N–H and O–H groups in total. The molecule has 0 aliphatic heterocycles. The zero-order chi connectivity index (χ0) is 26.5. The molecule has 0 saturated carbocycles. The van der Waals surface area contributed by atoms with Crippen molar-refractivity contribution in [3.63, 3.8) is 0 Å². The van der Waals surface area contributed by atoms with Gasteiger partial charge < -0.3 is 35.1 Å². The summed E-state index contributed by atoms with van der Waals surface area (Å²) in [5, 5.41) is 56.1. The summed E-state index contributed by atoms with van der Waals surface area (Å²) in [6, 6.07) is 19.5. The highest BCUT2D eigenvalue weighted by Crippen LogP contribution is 2.30. The van der Waals surface area contributed by atoms with Crippen molar-refractivity contribution in [3.8, 4) is 45.6 Å². The van der Waals surface area contributed by atoms with E-state index in [2.05, 4.69) is 0 Å². The van der Waals surface area contributed by atoms with Crippen LogP contribution in [0.4, 0.5) is 0 Å². The molecule has 0 bridgehead atoms. The van der Waals surface area contributed by atoms with Crippen LogP contribution in [0.25, 0.3) is 34.2 Å². The molecular weight excluding hydrogens is 476 g/mol. The van der Waals surface area contributed by atoms with E-state index in [0.717, 1.165) is 11.6 Å². The smallest absolute Gasteiger partial charge is 0.204 e. The molecule has 4 aromatic carbocycles. The van der Waals surface area contributed by atoms with E-state index >= 15 is 0 Å². The van der Waals surface area contributed by atoms with Crippen molar-refractivity contribution in [1.82, 2.24) is 0 Å². The first-order valence-corrected chi connectivity index (χ1v) is 11.0. The summed E-state index contributed by atoms with van der Waals surface area (Å²) in [5.41, 5.74) is 2.15. The highest BCUT2D eigenvalue weighted by atomic mass is 16.3. The maximum atomic E-state index is 12.4. The van der Waals surface area contributed by atoms with Gasteiger partial charge in [-0.25, -0.2) is 0 Å². The molecule has 0 fully saturated rings. The summed E-state index contributed by atoms with van der Waals surface area (Å²) in [5.74, 6) is -0.167. The van der Waals surface area contributed by atoms with E-state index in [1.807, 2.05) is 6.08 Å². The Morgan fingerprint density at radius 3 is 1.73 bits per heavy atom. The van der Waals surface area contributed by atoms with Gasteiger partial charge in [0.1, 0.15) is 51.7 Å². The number of phenolic OH excluding ortho intramolecular Hbond substituents is 6. The SMILES string of the molecule is O=c1c(-c2ccc(O)cc2)coc2cc(O)cc(O)c12.Oc1ccc(/C=C/c2cc(O)cc(O)c2)cc1. The quantitative estimate of drug-likeness (QED) is 0.177. The molecule has 0 radical (unpaired) electrons. The molecule has 0 unspecified atom stereocenters. The summed E-state index contributed by atoms with van der Waals surface area (Å²) in [6.45, 7) is 0. The van der Waals surface area contributed by atoms with Crippen molar-refractivity contribution in [2.24, 2.45) is 0 Å². The number of rotatable bonds is 3. The van der Waals surface area contributed by atoms with Gasteiger partial charge in [-0.2, -0.15) is 0 Å². The Morgan fingerprint density at radius 1 is 0.568 bits per heavy atom. The van der Waals surface area contributed by atoms with Crippen LogP contribution in [0.1, 0.15) is 11.1 Å². The minimum absolute atomic E-state index is 0.00775. The lowest BCUT2D eigenvalue weighted by Gasteiger charge is -2.05. The second kappa shape index (κ2) is 10.5. The lowest BCUT2D eigenvalue weighted by molar-refractivity contribution is 0.450. The van der Waals surface area contributed by atoms with Gasteiger partial charge in [-0.15, -0.1) is 0 Å². The van der Waals surface area contributed by atoms with Crippen molar-refractivity contribution < 1.29 is 35.1 Å². The second-order valence-electron chi connectivity index (χ2n) is 8.07. The number of benzene rings is 4. The van der Waals surface area contributed by atoms with Gasteiger partial charge in [0.15, 0.2) is 0 Å². The fraction of sp³-hybridized carbons (Fsp3) is 0. The molecule has 186 valence electrons. The van der Waals surface area contributed by atoms with Crippen LogP contribution in [0.15, 0.2) is 94.3 Å². The third kappa shape index (κ3) is 6.01. The first-order valence-electron chi connectivity index (χ1n) is 11.0. The van der Waals surface area contributed by atoms with Gasteiger partial charge >= 0.3 is 0 Å². The van der Waals surface area contributed by atoms with Crippen LogP contribution < -0.4 is 5.43 Å². The molecule has 5 rings (SSSR count). The average molecular weight is 498 g/mol. The van der Waals surface area contributed by atoms with E-state index in [4.69, 9.17) is 9.52 Å². The van der Waals surface area contributed by atoms with E-state index in [9.17, 15) is 30.3 Å². The molecule has 0 aliphatic carbocycles. The van der Waals surface area contributed by atoms with Gasteiger partial charge in [0.05, 0.1) is 5.56 Å². The first-order chi connectivity index (χ1) is 17.7. The standard InChI is InChI=1S/C15H10O5.C14H12O3/c16-9-3-1-8(2-4-9)11-7-20-13-6-10(17)5-12(18)14(13)15(11)19;15-12-5-3-10(4-6-12)1-2-11-7-13(16)9-14(17)8-11/h1-7,16-18H;1-9,15-17H/b;2-1+. The molecule has 1 aromatic heterocycles. The predicted molar refractivity (Wildman–Crippen MR) is 140 cm³/mol. The number of fused-ring (bicyclic) bond motifs is 1. The predicted octanol–water partition coefficient (Wildman–Crippen LogP) is 5.55. The highest BCUT2D eigenvalue weighted by molar-refractivity contribution is 5.88. The van der Waals surface area contributed by atoms with Crippen molar-refractivity contribution in [2.75, 3.05) is 0 Å². The zero-order valence-corrected chi connectivity index (χ0v) is 19.2. The van der Waals surface area contributed by atoms with Crippen molar-refractivity contribution in [1.29, 1.82) is 0 Å². The van der Waals surface area contributed by atoms with Crippen LogP contribution in [0.5, 0.6) is 34.5 Å². The van der Waals surface area contributed by atoms with Gasteiger partial charge in [0.25, 0.3) is 0 Å². The Bertz CT molecular complexity index is 1610. The average Bonchev–Trinajstić information content (AvgIpc) is 2.84. The summed E-state index contributed by atoms with van der Waals surface area (Å²) >= 11 is 0. The minimum atomic E-state index is -0.408. The maximum absolute atomic E-state index is 12.4. The van der Waals surface area contributed by atoms with E-state index < -0.39 is 5.43 Å². The van der Waals surface area contributed by atoms with Gasteiger partial charge in [0, 0.05) is 18.2 Å². The maximum Gasteiger partial charge on any atom is 0.204 e. The Balaban J connectivity index is 0.000000176.